The number of hydrogen-bond donors (Lipinski definition) is 2. The van der Waals surface area contributed by atoms with Crippen LogP contribution in [0.4, 0.5) is 5.69 Å². The molecule has 1 aliphatic heterocycles. The van der Waals surface area contributed by atoms with Gasteiger partial charge in [-0.3, -0.25) is 0 Å². The van der Waals surface area contributed by atoms with E-state index in [0.29, 0.717) is 0 Å². The predicted octanol–water partition coefficient (Wildman–Crippen LogP) is 6.03. The molecule has 0 aromatic heterocycles. The summed E-state index contributed by atoms with van der Waals surface area (Å²) >= 11 is 9.62. The molecule has 0 bridgehead atoms. The van der Waals surface area contributed by atoms with Crippen LogP contribution in [0, 0.1) is 0 Å². The summed E-state index contributed by atoms with van der Waals surface area (Å²) in [5.74, 6) is 0. The van der Waals surface area contributed by atoms with Crippen molar-refractivity contribution in [1.29, 1.82) is 0 Å². The Morgan fingerprint density at radius 2 is 1.86 bits per heavy atom. The lowest BCUT2D eigenvalue weighted by atomic mass is 9.77. The smallest absolute Gasteiger partial charge is 0.0756 e. The molecule has 2 nitrogen and oxygen atoms in total. The molecule has 0 spiro atoms. The van der Waals surface area contributed by atoms with Gasteiger partial charge in [-0.1, -0.05) is 30.4 Å². The average molecular weight is 419 g/mol. The van der Waals surface area contributed by atoms with Crippen molar-refractivity contribution in [3.8, 4) is 0 Å². The molecule has 0 fully saturated rings. The lowest BCUT2D eigenvalue weighted by molar-refractivity contribution is 0.595. The molecule has 2 aromatic carbocycles. The zero-order valence-electron chi connectivity index (χ0n) is 17.3. The largest absolute Gasteiger partial charge is 0.378 e. The van der Waals surface area contributed by atoms with Gasteiger partial charge in [-0.25, -0.2) is 0 Å². The van der Waals surface area contributed by atoms with Crippen molar-refractivity contribution >= 4 is 42.1 Å². The third-order valence-corrected chi connectivity index (χ3v) is 6.69. The van der Waals surface area contributed by atoms with E-state index in [4.69, 9.17) is 25.3 Å². The second kappa shape index (κ2) is 7.51. The minimum absolute atomic E-state index is 0.833. The van der Waals surface area contributed by atoms with Gasteiger partial charge in [0.05, 0.1) is 5.03 Å². The van der Waals surface area contributed by atoms with Crippen molar-refractivity contribution in [3.05, 3.63) is 93.7 Å². The summed E-state index contributed by atoms with van der Waals surface area (Å²) in [6.45, 7) is 6.35. The fourth-order valence-corrected chi connectivity index (χ4v) is 4.64. The van der Waals surface area contributed by atoms with Gasteiger partial charge in [0.25, 0.3) is 0 Å². The molecule has 0 saturated heterocycles. The quantitative estimate of drug-likeness (QED) is 0.587. The van der Waals surface area contributed by atoms with Crippen LogP contribution < -0.4 is 4.90 Å². The van der Waals surface area contributed by atoms with Gasteiger partial charge in [0.15, 0.2) is 0 Å². The highest BCUT2D eigenvalue weighted by atomic mass is 32.1. The summed E-state index contributed by atoms with van der Waals surface area (Å²) in [6.07, 6.45) is 5.13. The number of fused-ring (bicyclic) bond motifs is 2. The Balaban J connectivity index is 2.08. The summed E-state index contributed by atoms with van der Waals surface area (Å²) in [5, 5.41) is 0.990. The Hall–Kier alpha value is -2.30. The van der Waals surface area contributed by atoms with Crippen molar-refractivity contribution in [3.63, 3.8) is 0 Å². The number of allylic oxidation sites excluding steroid dienone is 4. The number of nitrogens with zero attached hydrogens (tertiary/aromatic N) is 2. The first-order chi connectivity index (χ1) is 13.8. The molecule has 148 valence electrons. The van der Waals surface area contributed by atoms with Gasteiger partial charge in [-0.2, -0.15) is 0 Å². The van der Waals surface area contributed by atoms with E-state index in [1.165, 1.54) is 44.7 Å². The van der Waals surface area contributed by atoms with Crippen LogP contribution in [-0.4, -0.2) is 26.0 Å². The number of anilines is 1. The topological polar surface area (TPSA) is 6.48 Å². The Labute approximate surface area is 184 Å². The number of hydrogen-bond acceptors (Lipinski definition) is 4. The van der Waals surface area contributed by atoms with E-state index in [1.54, 1.807) is 0 Å². The average Bonchev–Trinajstić information content (AvgIpc) is 2.69. The monoisotopic (exact) mass is 418 g/mol. The van der Waals surface area contributed by atoms with Crippen LogP contribution in [0.15, 0.2) is 76.3 Å². The zero-order chi connectivity index (χ0) is 20.9. The highest BCUT2D eigenvalue weighted by molar-refractivity contribution is 7.84. The van der Waals surface area contributed by atoms with Gasteiger partial charge in [-0.15, -0.1) is 25.3 Å². The molecule has 2 aromatic rings. The van der Waals surface area contributed by atoms with E-state index in [9.17, 15) is 0 Å². The van der Waals surface area contributed by atoms with Crippen LogP contribution in [0.25, 0.3) is 11.1 Å². The van der Waals surface area contributed by atoms with Crippen LogP contribution >= 0.6 is 25.3 Å². The maximum atomic E-state index is 4.84. The molecule has 0 N–H and O–H groups in total. The van der Waals surface area contributed by atoms with Gasteiger partial charge >= 0.3 is 0 Å². The summed E-state index contributed by atoms with van der Waals surface area (Å²) in [7, 11) is 6.17. The molecular formula is C25H26N2S2. The zero-order valence-corrected chi connectivity index (χ0v) is 19.1. The van der Waals surface area contributed by atoms with Gasteiger partial charge in [0, 0.05) is 44.3 Å². The molecule has 1 aliphatic carbocycles. The van der Waals surface area contributed by atoms with E-state index in [0.717, 1.165) is 21.9 Å². The van der Waals surface area contributed by atoms with Gasteiger partial charge in [0.1, 0.15) is 0 Å². The Morgan fingerprint density at radius 1 is 1.10 bits per heavy atom. The molecule has 0 amide bonds. The maximum Gasteiger partial charge on any atom is 0.0756 e. The summed E-state index contributed by atoms with van der Waals surface area (Å²) < 4.78 is 0. The Bertz CT molecular complexity index is 1120. The van der Waals surface area contributed by atoms with Crippen molar-refractivity contribution in [2.75, 3.05) is 26.0 Å². The first-order valence-electron chi connectivity index (χ1n) is 9.66. The summed E-state index contributed by atoms with van der Waals surface area (Å²) in [4.78, 5) is 5.22. The van der Waals surface area contributed by atoms with E-state index in [-0.39, 0.29) is 0 Å². The second-order valence-electron chi connectivity index (χ2n) is 7.90. The highest BCUT2D eigenvalue weighted by Gasteiger charge is 2.29. The van der Waals surface area contributed by atoms with E-state index in [1.807, 2.05) is 7.05 Å². The van der Waals surface area contributed by atoms with E-state index in [2.05, 4.69) is 86.1 Å². The van der Waals surface area contributed by atoms with E-state index >= 15 is 0 Å². The fourth-order valence-electron chi connectivity index (χ4n) is 4.09. The SMILES string of the molecule is C=C(C)c1cc(N(C)C)ccc1C1=C2C=CN(C)C(S)=C2Cc2c(S)cccc21. The van der Waals surface area contributed by atoms with Crippen LogP contribution in [0.3, 0.4) is 0 Å². The number of benzene rings is 2. The maximum absolute atomic E-state index is 4.84. The number of thiol groups is 2. The molecule has 0 radical (unpaired) electrons. The molecule has 4 heteroatoms. The minimum Gasteiger partial charge on any atom is -0.378 e. The van der Waals surface area contributed by atoms with Crippen molar-refractivity contribution in [1.82, 2.24) is 4.90 Å². The van der Waals surface area contributed by atoms with Crippen LogP contribution in [0.5, 0.6) is 0 Å². The lowest BCUT2D eigenvalue weighted by Crippen LogP contribution is -2.19. The third kappa shape index (κ3) is 3.34. The van der Waals surface area contributed by atoms with Gasteiger partial charge in [0.2, 0.25) is 0 Å². The van der Waals surface area contributed by atoms with Crippen molar-refractivity contribution in [2.24, 2.45) is 0 Å². The molecule has 4 rings (SSSR count). The molecule has 0 atom stereocenters. The molecule has 2 aliphatic rings. The molecule has 29 heavy (non-hydrogen) atoms. The molecule has 0 saturated carbocycles. The fraction of sp³-hybridized carbons (Fsp3) is 0.200. The molecule has 1 heterocycles. The van der Waals surface area contributed by atoms with Gasteiger partial charge in [-0.05, 0) is 70.2 Å². The first-order valence-corrected chi connectivity index (χ1v) is 10.6. The van der Waals surface area contributed by atoms with Crippen LogP contribution in [-0.2, 0) is 6.42 Å². The normalized spacial score (nSPS) is 15.4. The second-order valence-corrected chi connectivity index (χ2v) is 8.81. The molecule has 0 unspecified atom stereocenters. The van der Waals surface area contributed by atoms with Crippen molar-refractivity contribution in [2.45, 2.75) is 18.2 Å². The molecular weight excluding hydrogens is 392 g/mol. The number of rotatable bonds is 3. The minimum atomic E-state index is 0.833. The third-order valence-electron chi connectivity index (χ3n) is 5.69. The Kier molecular flexibility index (Phi) is 5.18. The van der Waals surface area contributed by atoms with Crippen LogP contribution in [0.1, 0.15) is 29.2 Å². The summed E-state index contributed by atoms with van der Waals surface area (Å²) in [5.41, 5.74) is 10.8. The van der Waals surface area contributed by atoms with E-state index < -0.39 is 0 Å². The summed E-state index contributed by atoms with van der Waals surface area (Å²) in [6, 6.07) is 13.0. The highest BCUT2D eigenvalue weighted by Crippen LogP contribution is 2.46. The van der Waals surface area contributed by atoms with Gasteiger partial charge < -0.3 is 9.80 Å². The van der Waals surface area contributed by atoms with Crippen LogP contribution in [0.2, 0.25) is 0 Å². The lowest BCUT2D eigenvalue weighted by Gasteiger charge is -2.32. The Morgan fingerprint density at radius 3 is 2.55 bits per heavy atom. The van der Waals surface area contributed by atoms with Crippen molar-refractivity contribution < 1.29 is 0 Å². The first kappa shape index (κ1) is 20.0. The predicted molar refractivity (Wildman–Crippen MR) is 132 cm³/mol. The standard InChI is InChI=1S/C25H26N2S2/c1-15(2)20-13-16(26(3)4)9-10-18(20)24-17-7-6-8-23(28)21(17)14-22-19(24)11-12-27(5)25(22)29/h6-13,28-29H,1,14H2,2-5H3.